The van der Waals surface area contributed by atoms with Crippen molar-refractivity contribution in [2.24, 2.45) is 0 Å². The van der Waals surface area contributed by atoms with Crippen LogP contribution in [0.1, 0.15) is 0 Å². The van der Waals surface area contributed by atoms with E-state index in [1.54, 1.807) is 0 Å². The van der Waals surface area contributed by atoms with E-state index in [9.17, 15) is 43.9 Å². The molecule has 0 amide bonds. The molecule has 0 radical (unpaired) electrons. The Balaban J connectivity index is 4.61. The fourth-order valence-electron chi connectivity index (χ4n) is 0.365. The van der Waals surface area contributed by atoms with Gasteiger partial charge >= 0.3 is 26.4 Å². The minimum absolute atomic E-state index is 2.09. The maximum atomic E-state index is 12.3. The molecule has 0 saturated heterocycles. The topological polar surface area (TPSA) is 35.5 Å². The molecule has 104 valence electrons. The van der Waals surface area contributed by atoms with Crippen molar-refractivity contribution in [2.75, 3.05) is 6.61 Å². The van der Waals surface area contributed by atoms with E-state index in [1.165, 1.54) is 0 Å². The summed E-state index contributed by atoms with van der Waals surface area (Å²) in [5.74, 6) is 0. The molecule has 0 aliphatic heterocycles. The quantitative estimate of drug-likeness (QED) is 0.585. The van der Waals surface area contributed by atoms with Crippen LogP contribution in [0.3, 0.4) is 0 Å². The van der Waals surface area contributed by atoms with Crippen molar-refractivity contribution >= 4 is 7.91 Å². The summed E-state index contributed by atoms with van der Waals surface area (Å²) < 4.78 is 119. The molecule has 0 fully saturated rings. The van der Waals surface area contributed by atoms with Crippen LogP contribution in [-0.2, 0) is 13.6 Å². The lowest BCUT2D eigenvalue weighted by molar-refractivity contribution is -0.364. The molecular formula is C4H2F9O3P. The first-order chi connectivity index (χ1) is 7.16. The van der Waals surface area contributed by atoms with E-state index in [1.807, 2.05) is 0 Å². The minimum Gasteiger partial charge on any atom is -0.274 e. The Morgan fingerprint density at radius 1 is 0.941 bits per heavy atom. The van der Waals surface area contributed by atoms with Crippen LogP contribution in [0.25, 0.3) is 0 Å². The highest BCUT2D eigenvalue weighted by Gasteiger charge is 2.63. The Bertz CT molecular complexity index is 306. The Morgan fingerprint density at radius 2 is 1.35 bits per heavy atom. The summed E-state index contributed by atoms with van der Waals surface area (Å²) in [6.45, 7) is -2.64. The van der Waals surface area contributed by atoms with Crippen molar-refractivity contribution in [3.63, 3.8) is 0 Å². The van der Waals surface area contributed by atoms with Gasteiger partial charge in [-0.05, 0) is 0 Å². The summed E-state index contributed by atoms with van der Waals surface area (Å²) in [6.07, 6.45) is -18.0. The van der Waals surface area contributed by atoms with Crippen molar-refractivity contribution < 1.29 is 52.9 Å². The second-order valence-corrected chi connectivity index (χ2v) is 3.73. The molecule has 0 aliphatic rings. The van der Waals surface area contributed by atoms with Crippen molar-refractivity contribution in [3.05, 3.63) is 0 Å². The highest BCUT2D eigenvalue weighted by Crippen LogP contribution is 2.57. The molecule has 1 unspecified atom stereocenters. The average Bonchev–Trinajstić information content (AvgIpc) is 1.95. The standard InChI is InChI=1S/C4H2F9O3P/c5-2(6,7)1-15-17(13,14)16-4(11,12)3(8,9)10/h1H2. The Kier molecular flexibility index (Phi) is 4.52. The third-order valence-electron chi connectivity index (χ3n) is 0.936. The zero-order valence-corrected chi connectivity index (χ0v) is 8.18. The van der Waals surface area contributed by atoms with Crippen molar-refractivity contribution in [2.45, 2.75) is 18.5 Å². The van der Waals surface area contributed by atoms with Gasteiger partial charge in [0.15, 0.2) is 6.61 Å². The zero-order valence-electron chi connectivity index (χ0n) is 7.28. The van der Waals surface area contributed by atoms with Gasteiger partial charge in [-0.1, -0.05) is 0 Å². The highest BCUT2D eigenvalue weighted by atomic mass is 31.2. The number of hydrogen-bond donors (Lipinski definition) is 0. The van der Waals surface area contributed by atoms with E-state index in [-0.39, 0.29) is 0 Å². The van der Waals surface area contributed by atoms with Gasteiger partial charge in [0.2, 0.25) is 0 Å². The van der Waals surface area contributed by atoms with Crippen molar-refractivity contribution in [3.8, 4) is 0 Å². The van der Waals surface area contributed by atoms with Crippen LogP contribution in [0.2, 0.25) is 0 Å². The molecule has 0 bridgehead atoms. The Labute approximate surface area is 87.1 Å². The molecule has 0 spiro atoms. The van der Waals surface area contributed by atoms with Gasteiger partial charge < -0.3 is 0 Å². The SMILES string of the molecule is O=P(F)(OCC(F)(F)F)OC(F)(F)C(F)(F)F. The Morgan fingerprint density at radius 3 is 1.65 bits per heavy atom. The van der Waals surface area contributed by atoms with E-state index in [2.05, 4.69) is 9.05 Å². The molecule has 0 N–H and O–H groups in total. The van der Waals surface area contributed by atoms with E-state index < -0.39 is 33.0 Å². The molecule has 0 aromatic heterocycles. The second-order valence-electron chi connectivity index (χ2n) is 2.43. The van der Waals surface area contributed by atoms with Crippen LogP contribution in [0.5, 0.6) is 0 Å². The molecule has 1 atom stereocenters. The van der Waals surface area contributed by atoms with Gasteiger partial charge in [0.05, 0.1) is 0 Å². The summed E-state index contributed by atoms with van der Waals surface area (Å²) in [5, 5.41) is 0. The van der Waals surface area contributed by atoms with E-state index in [4.69, 9.17) is 0 Å². The van der Waals surface area contributed by atoms with Crippen LogP contribution in [0.15, 0.2) is 0 Å². The van der Waals surface area contributed by atoms with Gasteiger partial charge in [-0.3, -0.25) is 4.52 Å². The maximum Gasteiger partial charge on any atom is 0.518 e. The summed E-state index contributed by atoms with van der Waals surface area (Å²) in [5.41, 5.74) is 0. The van der Waals surface area contributed by atoms with Crippen molar-refractivity contribution in [1.29, 1.82) is 0 Å². The molecule has 0 aliphatic carbocycles. The normalized spacial score (nSPS) is 17.9. The molecule has 0 saturated carbocycles. The third kappa shape index (κ3) is 6.13. The van der Waals surface area contributed by atoms with Crippen LogP contribution < -0.4 is 0 Å². The second kappa shape index (κ2) is 4.65. The van der Waals surface area contributed by atoms with Gasteiger partial charge in [0, 0.05) is 0 Å². The lowest BCUT2D eigenvalue weighted by Gasteiger charge is -2.20. The molecule has 0 aromatic carbocycles. The van der Waals surface area contributed by atoms with E-state index >= 15 is 0 Å². The highest BCUT2D eigenvalue weighted by molar-refractivity contribution is 7.48. The van der Waals surface area contributed by atoms with Crippen molar-refractivity contribution in [1.82, 2.24) is 0 Å². The van der Waals surface area contributed by atoms with Gasteiger partial charge in [-0.2, -0.15) is 35.1 Å². The fourth-order valence-corrected chi connectivity index (χ4v) is 1.10. The third-order valence-corrected chi connectivity index (χ3v) is 1.82. The predicted molar refractivity (Wildman–Crippen MR) is 32.8 cm³/mol. The molecule has 13 heteroatoms. The summed E-state index contributed by atoms with van der Waals surface area (Å²) >= 11 is 0. The monoisotopic (exact) mass is 300 g/mol. The lowest BCUT2D eigenvalue weighted by atomic mass is 10.6. The summed E-state index contributed by atoms with van der Waals surface area (Å²) in [6, 6.07) is 0. The lowest BCUT2D eigenvalue weighted by Crippen LogP contribution is -2.38. The predicted octanol–water partition coefficient (Wildman–Crippen LogP) is 3.81. The first-order valence-corrected chi connectivity index (χ1v) is 4.76. The first kappa shape index (κ1) is 16.5. The van der Waals surface area contributed by atoms with Crippen LogP contribution in [0.4, 0.5) is 39.3 Å². The largest absolute Gasteiger partial charge is 0.518 e. The molecule has 0 aromatic rings. The number of hydrogen-bond acceptors (Lipinski definition) is 3. The van der Waals surface area contributed by atoms with E-state index in [0.29, 0.717) is 0 Å². The van der Waals surface area contributed by atoms with Gasteiger partial charge in [-0.15, -0.1) is 4.20 Å². The average molecular weight is 300 g/mol. The Hall–Kier alpha value is -0.480. The fraction of sp³-hybridized carbons (Fsp3) is 1.00. The van der Waals surface area contributed by atoms with E-state index in [0.717, 1.165) is 0 Å². The van der Waals surface area contributed by atoms with Gasteiger partial charge in [0.1, 0.15) is 0 Å². The molecule has 17 heavy (non-hydrogen) atoms. The summed E-state index contributed by atoms with van der Waals surface area (Å²) in [7, 11) is -6.70. The smallest absolute Gasteiger partial charge is 0.274 e. The van der Waals surface area contributed by atoms with Crippen LogP contribution in [-0.4, -0.2) is 25.1 Å². The minimum atomic E-state index is -6.70. The number of rotatable bonds is 4. The van der Waals surface area contributed by atoms with Crippen LogP contribution >= 0.6 is 7.91 Å². The first-order valence-electron chi connectivity index (χ1n) is 3.32. The number of alkyl halides is 8. The number of halogens is 9. The molecule has 0 rings (SSSR count). The van der Waals surface area contributed by atoms with Gasteiger partial charge in [-0.25, -0.2) is 9.09 Å². The molecule has 3 nitrogen and oxygen atoms in total. The summed E-state index contributed by atoms with van der Waals surface area (Å²) in [4.78, 5) is 0. The maximum absolute atomic E-state index is 12.3. The van der Waals surface area contributed by atoms with Crippen LogP contribution in [0, 0.1) is 0 Å². The molecular weight excluding hydrogens is 298 g/mol. The zero-order chi connectivity index (χ0) is 14.1. The van der Waals surface area contributed by atoms with Gasteiger partial charge in [0.25, 0.3) is 0 Å². The molecule has 0 heterocycles.